The van der Waals surface area contributed by atoms with Crippen LogP contribution < -0.4 is 0 Å². The van der Waals surface area contributed by atoms with E-state index in [-0.39, 0.29) is 12.1 Å². The van der Waals surface area contributed by atoms with Gasteiger partial charge in [-0.15, -0.1) is 0 Å². The van der Waals surface area contributed by atoms with Gasteiger partial charge in [-0.05, 0) is 30.5 Å². The van der Waals surface area contributed by atoms with Crippen molar-refractivity contribution in [3.05, 3.63) is 35.4 Å². The standard InChI is InChI=1S/C15H23NO2/c1-11-10-14(16(2)8-9-18-3)15(17)13-7-5-4-6-12(11)13/h4-7,11,14-15,17H,8-10H2,1-3H3. The van der Waals surface area contributed by atoms with Crippen molar-refractivity contribution in [2.24, 2.45) is 0 Å². The highest BCUT2D eigenvalue weighted by Gasteiger charge is 2.33. The molecule has 3 nitrogen and oxygen atoms in total. The summed E-state index contributed by atoms with van der Waals surface area (Å²) in [5.41, 5.74) is 2.38. The molecule has 100 valence electrons. The van der Waals surface area contributed by atoms with Crippen LogP contribution in [0, 0.1) is 0 Å². The summed E-state index contributed by atoms with van der Waals surface area (Å²) in [6, 6.07) is 8.43. The monoisotopic (exact) mass is 249 g/mol. The molecule has 0 fully saturated rings. The van der Waals surface area contributed by atoms with Crippen molar-refractivity contribution in [2.45, 2.75) is 31.4 Å². The van der Waals surface area contributed by atoms with E-state index in [1.165, 1.54) is 5.56 Å². The quantitative estimate of drug-likeness (QED) is 0.887. The molecule has 3 unspecified atom stereocenters. The molecule has 1 aromatic carbocycles. The molecule has 2 rings (SSSR count). The number of ether oxygens (including phenoxy) is 1. The lowest BCUT2D eigenvalue weighted by Gasteiger charge is -2.39. The summed E-state index contributed by atoms with van der Waals surface area (Å²) in [5.74, 6) is 0.500. The second-order valence-corrected chi connectivity index (χ2v) is 5.25. The molecule has 0 bridgehead atoms. The normalized spacial score (nSPS) is 27.3. The maximum Gasteiger partial charge on any atom is 0.0948 e. The lowest BCUT2D eigenvalue weighted by molar-refractivity contribution is 0.0324. The Hall–Kier alpha value is -0.900. The van der Waals surface area contributed by atoms with Crippen molar-refractivity contribution in [3.63, 3.8) is 0 Å². The summed E-state index contributed by atoms with van der Waals surface area (Å²) >= 11 is 0. The number of hydrogen-bond donors (Lipinski definition) is 1. The number of aliphatic hydroxyl groups is 1. The van der Waals surface area contributed by atoms with E-state index in [4.69, 9.17) is 4.74 Å². The van der Waals surface area contributed by atoms with E-state index in [0.29, 0.717) is 12.5 Å². The van der Waals surface area contributed by atoms with Crippen molar-refractivity contribution in [1.29, 1.82) is 0 Å². The summed E-state index contributed by atoms with van der Waals surface area (Å²) in [4.78, 5) is 2.21. The molecule has 3 heteroatoms. The van der Waals surface area contributed by atoms with Crippen LogP contribution in [-0.2, 0) is 4.74 Å². The van der Waals surface area contributed by atoms with Gasteiger partial charge < -0.3 is 9.84 Å². The van der Waals surface area contributed by atoms with Crippen LogP contribution >= 0.6 is 0 Å². The van der Waals surface area contributed by atoms with Crippen LogP contribution in [0.15, 0.2) is 24.3 Å². The van der Waals surface area contributed by atoms with Crippen molar-refractivity contribution < 1.29 is 9.84 Å². The predicted octanol–water partition coefficient (Wildman–Crippen LogP) is 2.17. The number of likely N-dealkylation sites (N-methyl/N-ethyl adjacent to an activating group) is 1. The Morgan fingerprint density at radius 3 is 2.67 bits per heavy atom. The highest BCUT2D eigenvalue weighted by molar-refractivity contribution is 5.35. The summed E-state index contributed by atoms with van der Waals surface area (Å²) < 4.78 is 5.11. The first kappa shape index (κ1) is 13.5. The third-order valence-electron chi connectivity index (χ3n) is 4.02. The molecule has 18 heavy (non-hydrogen) atoms. The minimum Gasteiger partial charge on any atom is -0.387 e. The van der Waals surface area contributed by atoms with Crippen LogP contribution in [0.25, 0.3) is 0 Å². The molecule has 1 aliphatic rings. The van der Waals surface area contributed by atoms with Crippen LogP contribution in [0.2, 0.25) is 0 Å². The Morgan fingerprint density at radius 1 is 1.33 bits per heavy atom. The first-order valence-electron chi connectivity index (χ1n) is 6.61. The van der Waals surface area contributed by atoms with Gasteiger partial charge >= 0.3 is 0 Å². The molecule has 0 aliphatic heterocycles. The first-order valence-corrected chi connectivity index (χ1v) is 6.61. The van der Waals surface area contributed by atoms with Gasteiger partial charge in [0.05, 0.1) is 12.7 Å². The van der Waals surface area contributed by atoms with Gasteiger partial charge in [0.15, 0.2) is 0 Å². The topological polar surface area (TPSA) is 32.7 Å². The summed E-state index contributed by atoms with van der Waals surface area (Å²) in [6.45, 7) is 3.80. The fraction of sp³-hybridized carbons (Fsp3) is 0.600. The first-order chi connectivity index (χ1) is 8.65. The van der Waals surface area contributed by atoms with Crippen LogP contribution in [-0.4, -0.2) is 43.4 Å². The fourth-order valence-corrected chi connectivity index (χ4v) is 2.88. The van der Waals surface area contributed by atoms with Crippen molar-refractivity contribution >= 4 is 0 Å². The molecule has 0 amide bonds. The van der Waals surface area contributed by atoms with E-state index < -0.39 is 0 Å². The summed E-state index contributed by atoms with van der Waals surface area (Å²) in [6.07, 6.45) is 0.609. The molecule has 3 atom stereocenters. The molecule has 0 aromatic heterocycles. The largest absolute Gasteiger partial charge is 0.387 e. The van der Waals surface area contributed by atoms with E-state index in [0.717, 1.165) is 18.5 Å². The zero-order valence-corrected chi connectivity index (χ0v) is 11.5. The number of nitrogens with zero attached hydrogens (tertiary/aromatic N) is 1. The molecule has 1 aromatic rings. The van der Waals surface area contributed by atoms with Gasteiger partial charge in [-0.2, -0.15) is 0 Å². The smallest absolute Gasteiger partial charge is 0.0948 e. The number of rotatable bonds is 4. The van der Waals surface area contributed by atoms with Crippen LogP contribution in [0.3, 0.4) is 0 Å². The Balaban J connectivity index is 2.17. The Kier molecular flexibility index (Phi) is 4.38. The van der Waals surface area contributed by atoms with Gasteiger partial charge in [0, 0.05) is 19.7 Å². The maximum absolute atomic E-state index is 10.5. The Bertz CT molecular complexity index is 394. The van der Waals surface area contributed by atoms with Crippen molar-refractivity contribution in [2.75, 3.05) is 27.3 Å². The lowest BCUT2D eigenvalue weighted by Crippen LogP contribution is -2.42. The molecule has 1 aliphatic carbocycles. The molecule has 0 saturated heterocycles. The minimum atomic E-state index is -0.390. The van der Waals surface area contributed by atoms with Crippen LogP contribution in [0.4, 0.5) is 0 Å². The SMILES string of the molecule is COCCN(C)C1CC(C)c2ccccc2C1O. The second kappa shape index (κ2) is 5.83. The molecular formula is C15H23NO2. The zero-order chi connectivity index (χ0) is 13.1. The number of aliphatic hydroxyl groups excluding tert-OH is 1. The molecule has 0 radical (unpaired) electrons. The number of fused-ring (bicyclic) bond motifs is 1. The van der Waals surface area contributed by atoms with E-state index in [1.54, 1.807) is 7.11 Å². The van der Waals surface area contributed by atoms with Crippen molar-refractivity contribution in [3.8, 4) is 0 Å². The number of methoxy groups -OCH3 is 1. The minimum absolute atomic E-state index is 0.185. The van der Waals surface area contributed by atoms with Gasteiger partial charge in [-0.3, -0.25) is 4.90 Å². The van der Waals surface area contributed by atoms with Gasteiger partial charge in [-0.1, -0.05) is 31.2 Å². The second-order valence-electron chi connectivity index (χ2n) is 5.25. The van der Waals surface area contributed by atoms with Gasteiger partial charge in [-0.25, -0.2) is 0 Å². The van der Waals surface area contributed by atoms with Gasteiger partial charge in [0.25, 0.3) is 0 Å². The van der Waals surface area contributed by atoms with Crippen molar-refractivity contribution in [1.82, 2.24) is 4.90 Å². The van der Waals surface area contributed by atoms with Gasteiger partial charge in [0.2, 0.25) is 0 Å². The maximum atomic E-state index is 10.5. The molecular weight excluding hydrogens is 226 g/mol. The third kappa shape index (κ3) is 2.58. The predicted molar refractivity (Wildman–Crippen MR) is 72.7 cm³/mol. The third-order valence-corrected chi connectivity index (χ3v) is 4.02. The van der Waals surface area contributed by atoms with Crippen LogP contribution in [0.5, 0.6) is 0 Å². The molecule has 1 N–H and O–H groups in total. The number of hydrogen-bond acceptors (Lipinski definition) is 3. The van der Waals surface area contributed by atoms with E-state index in [1.807, 2.05) is 12.1 Å². The molecule has 0 heterocycles. The summed E-state index contributed by atoms with van der Waals surface area (Å²) in [7, 11) is 3.77. The lowest BCUT2D eigenvalue weighted by atomic mass is 9.79. The van der Waals surface area contributed by atoms with E-state index in [2.05, 4.69) is 31.0 Å². The average Bonchev–Trinajstić information content (AvgIpc) is 2.40. The zero-order valence-electron chi connectivity index (χ0n) is 11.5. The average molecular weight is 249 g/mol. The van der Waals surface area contributed by atoms with Crippen LogP contribution in [0.1, 0.15) is 36.5 Å². The Morgan fingerprint density at radius 2 is 2.00 bits per heavy atom. The summed E-state index contributed by atoms with van der Waals surface area (Å²) in [5, 5.41) is 10.5. The number of benzene rings is 1. The van der Waals surface area contributed by atoms with E-state index >= 15 is 0 Å². The highest BCUT2D eigenvalue weighted by atomic mass is 16.5. The molecule has 0 spiro atoms. The molecule has 0 saturated carbocycles. The Labute approximate surface area is 109 Å². The van der Waals surface area contributed by atoms with E-state index in [9.17, 15) is 5.11 Å². The van der Waals surface area contributed by atoms with Gasteiger partial charge in [0.1, 0.15) is 0 Å². The highest BCUT2D eigenvalue weighted by Crippen LogP contribution is 2.39. The fourth-order valence-electron chi connectivity index (χ4n) is 2.88.